The molecule has 0 saturated carbocycles. The van der Waals surface area contributed by atoms with Gasteiger partial charge in [-0.3, -0.25) is 4.79 Å². The summed E-state index contributed by atoms with van der Waals surface area (Å²) >= 11 is 0. The van der Waals surface area contributed by atoms with E-state index >= 15 is 0 Å². The van der Waals surface area contributed by atoms with Crippen molar-refractivity contribution < 1.29 is 24.9 Å². The summed E-state index contributed by atoms with van der Waals surface area (Å²) in [5, 5.41) is 29.7. The van der Waals surface area contributed by atoms with Crippen LogP contribution in [-0.4, -0.2) is 28.2 Å². The third kappa shape index (κ3) is 4.88. The summed E-state index contributed by atoms with van der Waals surface area (Å²) in [7, 11) is 1.58. The topological polar surface area (TPSA) is 87.0 Å². The van der Waals surface area contributed by atoms with E-state index in [2.05, 4.69) is 0 Å². The highest BCUT2D eigenvalue weighted by Gasteiger charge is 2.20. The Labute approximate surface area is 214 Å². The summed E-state index contributed by atoms with van der Waals surface area (Å²) in [4.78, 5) is 13.7. The molecule has 5 heteroatoms. The average Bonchev–Trinajstić information content (AvgIpc) is 2.93. The van der Waals surface area contributed by atoms with E-state index in [0.29, 0.717) is 16.9 Å². The quantitative estimate of drug-likeness (QED) is 0.223. The van der Waals surface area contributed by atoms with Crippen LogP contribution in [-0.2, 0) is 0 Å². The Morgan fingerprint density at radius 2 is 0.946 bits per heavy atom. The number of carbonyl (C=O) groups is 1. The molecule has 0 unspecified atom stereocenters. The predicted molar refractivity (Wildman–Crippen MR) is 144 cm³/mol. The Morgan fingerprint density at radius 3 is 1.35 bits per heavy atom. The summed E-state index contributed by atoms with van der Waals surface area (Å²) in [5.74, 6) is 0.930. The van der Waals surface area contributed by atoms with E-state index in [-0.39, 0.29) is 23.0 Å². The number of hydrogen-bond donors (Lipinski definition) is 3. The molecule has 0 fully saturated rings. The van der Waals surface area contributed by atoms with Crippen molar-refractivity contribution in [2.45, 2.75) is 0 Å². The second-order valence-electron chi connectivity index (χ2n) is 8.64. The van der Waals surface area contributed by atoms with Crippen LogP contribution in [0.5, 0.6) is 23.0 Å². The van der Waals surface area contributed by atoms with Crippen LogP contribution in [0.4, 0.5) is 0 Å². The predicted octanol–water partition coefficient (Wildman–Crippen LogP) is 7.04. The standard InChI is InChI=1S/C32H24O5/c1-37-28-16-8-23(9-17-28)32(36)24-18-29(20-2-10-25(33)11-3-20)31(22-6-14-27(35)15-7-22)30(19-24)21-4-12-26(34)13-5-21/h2-19,33-35H,1H3. The first-order valence-electron chi connectivity index (χ1n) is 11.7. The largest absolute Gasteiger partial charge is 0.508 e. The number of ketones is 1. The first kappa shape index (κ1) is 23.7. The number of aromatic hydroxyl groups is 3. The highest BCUT2D eigenvalue weighted by atomic mass is 16.5. The minimum absolute atomic E-state index is 0.138. The van der Waals surface area contributed by atoms with Gasteiger partial charge in [-0.05, 0) is 106 Å². The maximum atomic E-state index is 13.7. The lowest BCUT2D eigenvalue weighted by Crippen LogP contribution is -2.04. The molecule has 0 heterocycles. The molecule has 0 atom stereocenters. The lowest BCUT2D eigenvalue weighted by molar-refractivity contribution is 0.103. The number of rotatable bonds is 6. The van der Waals surface area contributed by atoms with Crippen LogP contribution in [0.3, 0.4) is 0 Å². The molecule has 5 aromatic carbocycles. The maximum Gasteiger partial charge on any atom is 0.193 e. The third-order valence-electron chi connectivity index (χ3n) is 6.27. The van der Waals surface area contributed by atoms with Gasteiger partial charge in [0.05, 0.1) is 7.11 Å². The van der Waals surface area contributed by atoms with Crippen molar-refractivity contribution in [2.24, 2.45) is 0 Å². The van der Waals surface area contributed by atoms with Gasteiger partial charge in [0.15, 0.2) is 5.78 Å². The molecule has 5 rings (SSSR count). The van der Waals surface area contributed by atoms with E-state index in [9.17, 15) is 20.1 Å². The van der Waals surface area contributed by atoms with Crippen molar-refractivity contribution >= 4 is 5.78 Å². The fraction of sp³-hybridized carbons (Fsp3) is 0.0312. The van der Waals surface area contributed by atoms with Crippen molar-refractivity contribution in [3.05, 3.63) is 120 Å². The number of carbonyl (C=O) groups excluding carboxylic acids is 1. The molecular formula is C32H24O5. The molecule has 0 bridgehead atoms. The molecule has 0 aromatic heterocycles. The zero-order valence-electron chi connectivity index (χ0n) is 20.1. The van der Waals surface area contributed by atoms with Crippen LogP contribution in [0.1, 0.15) is 15.9 Å². The molecule has 0 saturated heterocycles. The number of phenolic OH excluding ortho intramolecular Hbond substituents is 3. The first-order valence-corrected chi connectivity index (χ1v) is 11.7. The monoisotopic (exact) mass is 488 g/mol. The van der Waals surface area contributed by atoms with Crippen LogP contribution in [0.25, 0.3) is 33.4 Å². The minimum atomic E-state index is -0.153. The average molecular weight is 489 g/mol. The van der Waals surface area contributed by atoms with Gasteiger partial charge in [0.1, 0.15) is 23.0 Å². The molecular weight excluding hydrogens is 464 g/mol. The molecule has 182 valence electrons. The van der Waals surface area contributed by atoms with Crippen LogP contribution >= 0.6 is 0 Å². The van der Waals surface area contributed by atoms with Crippen molar-refractivity contribution in [3.63, 3.8) is 0 Å². The molecule has 0 amide bonds. The van der Waals surface area contributed by atoms with E-state index in [0.717, 1.165) is 33.4 Å². The summed E-state index contributed by atoms with van der Waals surface area (Å²) < 4.78 is 5.23. The van der Waals surface area contributed by atoms with Gasteiger partial charge in [0.25, 0.3) is 0 Å². The van der Waals surface area contributed by atoms with Gasteiger partial charge >= 0.3 is 0 Å². The van der Waals surface area contributed by atoms with Crippen molar-refractivity contribution in [1.29, 1.82) is 0 Å². The van der Waals surface area contributed by atoms with E-state index in [1.807, 2.05) is 24.3 Å². The van der Waals surface area contributed by atoms with Crippen LogP contribution < -0.4 is 4.74 Å². The normalized spacial score (nSPS) is 10.7. The van der Waals surface area contributed by atoms with Crippen molar-refractivity contribution in [3.8, 4) is 56.4 Å². The first-order chi connectivity index (χ1) is 17.9. The zero-order valence-corrected chi connectivity index (χ0v) is 20.1. The maximum absolute atomic E-state index is 13.7. The van der Waals surface area contributed by atoms with Gasteiger partial charge in [-0.25, -0.2) is 0 Å². The molecule has 5 aromatic rings. The second-order valence-corrected chi connectivity index (χ2v) is 8.64. The highest BCUT2D eigenvalue weighted by Crippen LogP contribution is 2.42. The molecule has 5 nitrogen and oxygen atoms in total. The van der Waals surface area contributed by atoms with Gasteiger partial charge < -0.3 is 20.1 Å². The van der Waals surface area contributed by atoms with Gasteiger partial charge in [-0.2, -0.15) is 0 Å². The Kier molecular flexibility index (Phi) is 6.35. The highest BCUT2D eigenvalue weighted by molar-refractivity contribution is 6.12. The van der Waals surface area contributed by atoms with E-state index < -0.39 is 0 Å². The Balaban J connectivity index is 1.80. The Bertz CT molecular complexity index is 1480. The molecule has 3 N–H and O–H groups in total. The van der Waals surface area contributed by atoms with Crippen LogP contribution in [0.2, 0.25) is 0 Å². The summed E-state index contributed by atoms with van der Waals surface area (Å²) in [6.07, 6.45) is 0. The minimum Gasteiger partial charge on any atom is -0.508 e. The molecule has 0 radical (unpaired) electrons. The SMILES string of the molecule is COc1ccc(C(=O)c2cc(-c3ccc(O)cc3)c(-c3ccc(O)cc3)c(-c3ccc(O)cc3)c2)cc1. The number of phenols is 3. The van der Waals surface area contributed by atoms with Gasteiger partial charge in [-0.1, -0.05) is 36.4 Å². The number of benzene rings is 5. The van der Waals surface area contributed by atoms with E-state index in [4.69, 9.17) is 4.74 Å². The molecule has 0 aliphatic carbocycles. The third-order valence-corrected chi connectivity index (χ3v) is 6.27. The molecule has 0 aliphatic heterocycles. The fourth-order valence-corrected chi connectivity index (χ4v) is 4.36. The van der Waals surface area contributed by atoms with E-state index in [1.54, 1.807) is 92.0 Å². The van der Waals surface area contributed by atoms with Crippen LogP contribution in [0, 0.1) is 0 Å². The number of hydrogen-bond acceptors (Lipinski definition) is 5. The second kappa shape index (κ2) is 9.91. The summed E-state index contributed by atoms with van der Waals surface area (Å²) in [6, 6.07) is 31.2. The van der Waals surface area contributed by atoms with Gasteiger partial charge in [0, 0.05) is 11.1 Å². The van der Waals surface area contributed by atoms with Crippen molar-refractivity contribution in [2.75, 3.05) is 7.11 Å². The zero-order chi connectivity index (χ0) is 25.9. The molecule has 0 aliphatic rings. The Hall–Kier alpha value is -5.03. The fourth-order valence-electron chi connectivity index (χ4n) is 4.36. The van der Waals surface area contributed by atoms with Crippen LogP contribution in [0.15, 0.2) is 109 Å². The van der Waals surface area contributed by atoms with Crippen molar-refractivity contribution in [1.82, 2.24) is 0 Å². The smallest absolute Gasteiger partial charge is 0.193 e. The molecule has 0 spiro atoms. The summed E-state index contributed by atoms with van der Waals surface area (Å²) in [6.45, 7) is 0. The van der Waals surface area contributed by atoms with E-state index in [1.165, 1.54) is 0 Å². The van der Waals surface area contributed by atoms with Gasteiger partial charge in [-0.15, -0.1) is 0 Å². The lowest BCUT2D eigenvalue weighted by Gasteiger charge is -2.19. The number of methoxy groups -OCH3 is 1. The van der Waals surface area contributed by atoms with Gasteiger partial charge in [0.2, 0.25) is 0 Å². The lowest BCUT2D eigenvalue weighted by atomic mass is 9.84. The summed E-state index contributed by atoms with van der Waals surface area (Å²) in [5.41, 5.74) is 5.89. The molecule has 37 heavy (non-hydrogen) atoms. The number of ether oxygens (including phenoxy) is 1. The Morgan fingerprint density at radius 1 is 0.541 bits per heavy atom.